The molecule has 1 aromatic heterocycles. The minimum Gasteiger partial charge on any atom is -0.481 e. The third-order valence-corrected chi connectivity index (χ3v) is 7.29. The van der Waals surface area contributed by atoms with Crippen molar-refractivity contribution < 1.29 is 23.1 Å². The van der Waals surface area contributed by atoms with Crippen LogP contribution < -0.4 is 5.32 Å². The fourth-order valence-electron chi connectivity index (χ4n) is 6.97. The van der Waals surface area contributed by atoms with Crippen LogP contribution in [-0.4, -0.2) is 26.6 Å². The van der Waals surface area contributed by atoms with Gasteiger partial charge in [0, 0.05) is 5.54 Å². The van der Waals surface area contributed by atoms with Crippen LogP contribution >= 0.6 is 0 Å². The highest BCUT2D eigenvalue weighted by Crippen LogP contribution is 3.07. The Labute approximate surface area is 121 Å². The van der Waals surface area contributed by atoms with E-state index in [4.69, 9.17) is 0 Å². The summed E-state index contributed by atoms with van der Waals surface area (Å²) in [7, 11) is 0. The van der Waals surface area contributed by atoms with Crippen LogP contribution in [0.1, 0.15) is 5.69 Å². The summed E-state index contributed by atoms with van der Waals surface area (Å²) in [5.41, 5.74) is -1.53. The fraction of sp³-hybridized carbons (Fsp3) is 0.643. The second-order valence-electron chi connectivity index (χ2n) is 7.24. The predicted octanol–water partition coefficient (Wildman–Crippen LogP) is 1.48. The van der Waals surface area contributed by atoms with Crippen LogP contribution in [0.15, 0.2) is 12.4 Å². The third kappa shape index (κ3) is 0.735. The molecule has 6 fully saturated rings. The van der Waals surface area contributed by atoms with Crippen molar-refractivity contribution in [2.75, 3.05) is 5.32 Å². The number of carbonyl (C=O) groups is 1. The average Bonchev–Trinajstić information content (AvgIpc) is 2.47. The van der Waals surface area contributed by atoms with Gasteiger partial charge in [0.2, 0.25) is 0 Å². The number of hydrogen-bond donors (Lipinski definition) is 2. The van der Waals surface area contributed by atoms with Crippen LogP contribution in [0.4, 0.5) is 19.0 Å². The van der Waals surface area contributed by atoms with Gasteiger partial charge in [-0.1, -0.05) is 0 Å². The van der Waals surface area contributed by atoms with E-state index in [0.717, 1.165) is 12.4 Å². The van der Waals surface area contributed by atoms with Crippen molar-refractivity contribution >= 4 is 11.8 Å². The second-order valence-corrected chi connectivity index (χ2v) is 7.24. The standard InChI is InChI=1S/C14H10F3N3O2/c15-14(16,17)3-1-19-4(2-18-3)20-13-8-5-9(13)7-10(13)6(8)12(5,7)11(21)22/h1-2,5-10H,(H,19,20)(H,21,22). The van der Waals surface area contributed by atoms with E-state index >= 15 is 0 Å². The molecule has 0 amide bonds. The van der Waals surface area contributed by atoms with Gasteiger partial charge in [0.1, 0.15) is 5.82 Å². The van der Waals surface area contributed by atoms with Crippen LogP contribution in [-0.2, 0) is 11.0 Å². The van der Waals surface area contributed by atoms with Crippen molar-refractivity contribution in [3.8, 4) is 0 Å². The van der Waals surface area contributed by atoms with E-state index < -0.39 is 23.3 Å². The van der Waals surface area contributed by atoms with Gasteiger partial charge in [-0.2, -0.15) is 13.2 Å². The zero-order valence-electron chi connectivity index (χ0n) is 11.0. The Morgan fingerprint density at radius 1 is 1.09 bits per heavy atom. The molecule has 0 aliphatic heterocycles. The van der Waals surface area contributed by atoms with Gasteiger partial charge in [0.25, 0.3) is 0 Å². The number of carboxylic acids is 1. The molecule has 1 aromatic rings. The molecule has 1 heterocycles. The Bertz CT molecular complexity index is 706. The van der Waals surface area contributed by atoms with E-state index in [-0.39, 0.29) is 23.3 Å². The topological polar surface area (TPSA) is 75.1 Å². The number of nitrogens with zero attached hydrogens (tertiary/aromatic N) is 2. The minimum absolute atomic E-state index is 0.0916. The summed E-state index contributed by atoms with van der Waals surface area (Å²) in [6, 6.07) is 0. The normalized spacial score (nSPS) is 54.0. The molecule has 6 saturated carbocycles. The minimum atomic E-state index is -4.49. The van der Waals surface area contributed by atoms with Crippen molar-refractivity contribution in [3.63, 3.8) is 0 Å². The Morgan fingerprint density at radius 3 is 2.09 bits per heavy atom. The van der Waals surface area contributed by atoms with Crippen LogP contribution in [0, 0.1) is 40.9 Å². The Balaban J connectivity index is 1.25. The molecule has 0 unspecified atom stereocenters. The summed E-state index contributed by atoms with van der Waals surface area (Å²) in [5.74, 6) is 1.64. The number of anilines is 1. The van der Waals surface area contributed by atoms with Gasteiger partial charge in [-0.15, -0.1) is 0 Å². The van der Waals surface area contributed by atoms with Crippen molar-refractivity contribution in [2.45, 2.75) is 11.7 Å². The molecule has 0 radical (unpaired) electrons. The lowest BCUT2D eigenvalue weighted by Gasteiger charge is -3.09. The van der Waals surface area contributed by atoms with Crippen LogP contribution in [0.3, 0.4) is 0 Å². The SMILES string of the molecule is O=C(O)C12C3C4C1C1C2C3C41Nc1cnc(C(F)(F)F)cn1. The zero-order valence-corrected chi connectivity index (χ0v) is 11.0. The molecule has 0 aromatic carbocycles. The van der Waals surface area contributed by atoms with Crippen molar-refractivity contribution in [2.24, 2.45) is 40.9 Å². The summed E-state index contributed by atoms with van der Waals surface area (Å²) in [5, 5.41) is 12.7. The highest BCUT2D eigenvalue weighted by atomic mass is 19.4. The lowest BCUT2D eigenvalue weighted by Crippen LogP contribution is -3.15. The average molecular weight is 309 g/mol. The summed E-state index contributed by atoms with van der Waals surface area (Å²) >= 11 is 0. The maximum atomic E-state index is 12.5. The van der Waals surface area contributed by atoms with Gasteiger partial charge < -0.3 is 10.4 Å². The maximum absolute atomic E-state index is 12.5. The quantitative estimate of drug-likeness (QED) is 0.884. The van der Waals surface area contributed by atoms with Gasteiger partial charge in [-0.3, -0.25) is 4.79 Å². The van der Waals surface area contributed by atoms with Gasteiger partial charge in [0.05, 0.1) is 17.8 Å². The van der Waals surface area contributed by atoms with E-state index in [9.17, 15) is 23.1 Å². The van der Waals surface area contributed by atoms with Gasteiger partial charge in [-0.05, 0) is 35.5 Å². The summed E-state index contributed by atoms with van der Waals surface area (Å²) in [6.07, 6.45) is -2.62. The highest BCUT2D eigenvalue weighted by Gasteiger charge is 3.12. The number of hydrogen-bond acceptors (Lipinski definition) is 4. The Hall–Kier alpha value is -1.86. The summed E-state index contributed by atoms with van der Waals surface area (Å²) in [6.45, 7) is 0. The van der Waals surface area contributed by atoms with Gasteiger partial charge >= 0.3 is 12.1 Å². The number of carboxylic acid groups (broad SMARTS) is 1. The van der Waals surface area contributed by atoms with E-state index in [1.807, 2.05) is 0 Å². The maximum Gasteiger partial charge on any atom is 0.434 e. The number of aromatic nitrogens is 2. The third-order valence-electron chi connectivity index (χ3n) is 7.29. The molecule has 2 N–H and O–H groups in total. The molecular weight excluding hydrogens is 299 g/mol. The largest absolute Gasteiger partial charge is 0.481 e. The monoisotopic (exact) mass is 309 g/mol. The van der Waals surface area contributed by atoms with E-state index in [2.05, 4.69) is 15.3 Å². The van der Waals surface area contributed by atoms with E-state index in [1.54, 1.807) is 0 Å². The molecular formula is C14H10F3N3O2. The number of rotatable bonds is 3. The van der Waals surface area contributed by atoms with Crippen LogP contribution in [0.5, 0.6) is 0 Å². The lowest BCUT2D eigenvalue weighted by molar-refractivity contribution is -0.598. The van der Waals surface area contributed by atoms with E-state index in [1.165, 1.54) is 0 Å². The zero-order chi connectivity index (χ0) is 15.2. The molecule has 0 bridgehead atoms. The first kappa shape index (κ1) is 11.7. The molecule has 7 rings (SSSR count). The molecule has 114 valence electrons. The highest BCUT2D eigenvalue weighted by molar-refractivity contribution is 5.88. The van der Waals surface area contributed by atoms with Crippen molar-refractivity contribution in [3.05, 3.63) is 18.1 Å². The molecule has 5 nitrogen and oxygen atoms in total. The number of nitrogens with one attached hydrogen (secondary N) is 1. The molecule has 6 aliphatic carbocycles. The van der Waals surface area contributed by atoms with E-state index in [0.29, 0.717) is 23.6 Å². The molecule has 0 saturated heterocycles. The van der Waals surface area contributed by atoms with Crippen LogP contribution in [0.25, 0.3) is 0 Å². The summed E-state index contributed by atoms with van der Waals surface area (Å²) in [4.78, 5) is 18.7. The second kappa shape index (κ2) is 2.72. The molecule has 0 spiro atoms. The first-order chi connectivity index (χ1) is 10.4. The van der Waals surface area contributed by atoms with Gasteiger partial charge in [0.15, 0.2) is 5.69 Å². The molecule has 0 atom stereocenters. The number of aliphatic carboxylic acids is 1. The smallest absolute Gasteiger partial charge is 0.434 e. The van der Waals surface area contributed by atoms with Crippen molar-refractivity contribution in [1.82, 2.24) is 9.97 Å². The Kier molecular flexibility index (Phi) is 1.44. The fourth-order valence-corrected chi connectivity index (χ4v) is 6.97. The van der Waals surface area contributed by atoms with Gasteiger partial charge in [-0.25, -0.2) is 9.97 Å². The molecule has 8 heteroatoms. The number of halogens is 3. The predicted molar refractivity (Wildman–Crippen MR) is 64.4 cm³/mol. The first-order valence-electron chi connectivity index (χ1n) is 7.27. The Morgan fingerprint density at radius 2 is 1.68 bits per heavy atom. The molecule has 22 heavy (non-hydrogen) atoms. The lowest BCUT2D eigenvalue weighted by atomic mass is 8.94. The number of alkyl halides is 3. The molecule has 6 aliphatic rings. The van der Waals surface area contributed by atoms with Crippen molar-refractivity contribution in [1.29, 1.82) is 0 Å². The summed E-state index contributed by atoms with van der Waals surface area (Å²) < 4.78 is 37.4. The first-order valence-corrected chi connectivity index (χ1v) is 7.27. The van der Waals surface area contributed by atoms with Crippen LogP contribution in [0.2, 0.25) is 0 Å².